The van der Waals surface area contributed by atoms with Gasteiger partial charge >= 0.3 is 0 Å². The number of nitrogens with one attached hydrogen (secondary N) is 1. The molecule has 128 valence electrons. The summed E-state index contributed by atoms with van der Waals surface area (Å²) in [7, 11) is 0. The molecule has 1 aliphatic heterocycles. The first kappa shape index (κ1) is 15.6. The van der Waals surface area contributed by atoms with Gasteiger partial charge in [-0.2, -0.15) is 0 Å². The SMILES string of the molecule is Cc1ccc2c(=O)c(C(=O)N3CCO[C@@H](c4ccco4)C3)c[nH]c2n1. The van der Waals surface area contributed by atoms with Crippen molar-refractivity contribution in [2.45, 2.75) is 13.0 Å². The molecule has 4 heterocycles. The molecule has 7 nitrogen and oxygen atoms in total. The van der Waals surface area contributed by atoms with Crippen molar-refractivity contribution in [3.05, 3.63) is 64.0 Å². The van der Waals surface area contributed by atoms with Crippen molar-refractivity contribution in [2.75, 3.05) is 19.7 Å². The summed E-state index contributed by atoms with van der Waals surface area (Å²) in [4.78, 5) is 34.4. The van der Waals surface area contributed by atoms with Crippen molar-refractivity contribution in [1.82, 2.24) is 14.9 Å². The van der Waals surface area contributed by atoms with Crippen molar-refractivity contribution < 1.29 is 13.9 Å². The van der Waals surface area contributed by atoms with Crippen LogP contribution >= 0.6 is 0 Å². The molecule has 1 N–H and O–H groups in total. The Morgan fingerprint density at radius 3 is 3.04 bits per heavy atom. The van der Waals surface area contributed by atoms with E-state index < -0.39 is 0 Å². The van der Waals surface area contributed by atoms with Gasteiger partial charge in [-0.15, -0.1) is 0 Å². The molecule has 7 heteroatoms. The minimum absolute atomic E-state index is 0.109. The van der Waals surface area contributed by atoms with Crippen LogP contribution in [-0.2, 0) is 4.74 Å². The summed E-state index contributed by atoms with van der Waals surface area (Å²) >= 11 is 0. The molecule has 25 heavy (non-hydrogen) atoms. The number of hydrogen-bond donors (Lipinski definition) is 1. The number of pyridine rings is 2. The van der Waals surface area contributed by atoms with Gasteiger partial charge in [-0.1, -0.05) is 0 Å². The van der Waals surface area contributed by atoms with Crippen LogP contribution in [0.5, 0.6) is 0 Å². The normalized spacial score (nSPS) is 17.8. The van der Waals surface area contributed by atoms with Crippen molar-refractivity contribution in [2.24, 2.45) is 0 Å². The van der Waals surface area contributed by atoms with E-state index in [0.717, 1.165) is 5.69 Å². The molecular formula is C18H17N3O4. The highest BCUT2D eigenvalue weighted by Crippen LogP contribution is 2.23. The van der Waals surface area contributed by atoms with Gasteiger partial charge in [0.2, 0.25) is 5.43 Å². The lowest BCUT2D eigenvalue weighted by Gasteiger charge is -2.31. The molecule has 0 aromatic carbocycles. The molecule has 0 bridgehead atoms. The molecule has 1 aliphatic rings. The molecule has 1 atom stereocenters. The number of furan rings is 1. The summed E-state index contributed by atoms with van der Waals surface area (Å²) in [6.07, 6.45) is 2.69. The third-order valence-corrected chi connectivity index (χ3v) is 4.32. The van der Waals surface area contributed by atoms with Crippen LogP contribution in [0.25, 0.3) is 11.0 Å². The minimum atomic E-state index is -0.323. The van der Waals surface area contributed by atoms with Gasteiger partial charge in [0, 0.05) is 18.4 Å². The van der Waals surface area contributed by atoms with E-state index in [1.54, 1.807) is 29.4 Å². The van der Waals surface area contributed by atoms with E-state index in [1.807, 2.05) is 13.0 Å². The van der Waals surface area contributed by atoms with Crippen LogP contribution < -0.4 is 5.43 Å². The highest BCUT2D eigenvalue weighted by molar-refractivity contribution is 5.96. The Balaban J connectivity index is 1.64. The fourth-order valence-corrected chi connectivity index (χ4v) is 3.01. The number of morpholine rings is 1. The van der Waals surface area contributed by atoms with E-state index in [1.165, 1.54) is 6.20 Å². The number of amides is 1. The van der Waals surface area contributed by atoms with E-state index >= 15 is 0 Å². The van der Waals surface area contributed by atoms with E-state index in [9.17, 15) is 9.59 Å². The average molecular weight is 339 g/mol. The van der Waals surface area contributed by atoms with Crippen LogP contribution in [0, 0.1) is 6.92 Å². The Morgan fingerprint density at radius 2 is 2.24 bits per heavy atom. The highest BCUT2D eigenvalue weighted by atomic mass is 16.5. The molecule has 4 rings (SSSR count). The Hall–Kier alpha value is -2.93. The maximum absolute atomic E-state index is 12.8. The second-order valence-corrected chi connectivity index (χ2v) is 6.01. The van der Waals surface area contributed by atoms with Crippen molar-refractivity contribution in [1.29, 1.82) is 0 Å². The number of aromatic amines is 1. The third kappa shape index (κ3) is 2.83. The summed E-state index contributed by atoms with van der Waals surface area (Å²) in [5, 5.41) is 0.410. The molecule has 0 unspecified atom stereocenters. The van der Waals surface area contributed by atoms with Gasteiger partial charge in [-0.3, -0.25) is 9.59 Å². The molecule has 3 aromatic heterocycles. The van der Waals surface area contributed by atoms with E-state index in [0.29, 0.717) is 36.5 Å². The third-order valence-electron chi connectivity index (χ3n) is 4.32. The van der Waals surface area contributed by atoms with Gasteiger partial charge in [0.25, 0.3) is 5.91 Å². The van der Waals surface area contributed by atoms with E-state index in [-0.39, 0.29) is 23.0 Å². The number of nitrogens with zero attached hydrogens (tertiary/aromatic N) is 2. The van der Waals surface area contributed by atoms with Crippen LogP contribution in [0.1, 0.15) is 27.9 Å². The van der Waals surface area contributed by atoms with Crippen molar-refractivity contribution in [3.63, 3.8) is 0 Å². The zero-order valence-electron chi connectivity index (χ0n) is 13.7. The lowest BCUT2D eigenvalue weighted by molar-refractivity contribution is -0.0321. The quantitative estimate of drug-likeness (QED) is 0.772. The number of fused-ring (bicyclic) bond motifs is 1. The predicted octanol–water partition coefficient (Wildman–Crippen LogP) is 2.04. The predicted molar refractivity (Wildman–Crippen MR) is 90.4 cm³/mol. The molecular weight excluding hydrogens is 322 g/mol. The smallest absolute Gasteiger partial charge is 0.259 e. The lowest BCUT2D eigenvalue weighted by atomic mass is 10.1. The number of carbonyl (C=O) groups excluding carboxylic acids is 1. The Morgan fingerprint density at radius 1 is 1.36 bits per heavy atom. The zero-order valence-corrected chi connectivity index (χ0v) is 13.7. The Kier molecular flexibility index (Phi) is 3.85. The van der Waals surface area contributed by atoms with Crippen LogP contribution in [0.2, 0.25) is 0 Å². The van der Waals surface area contributed by atoms with Gasteiger partial charge in [-0.25, -0.2) is 4.98 Å². The highest BCUT2D eigenvalue weighted by Gasteiger charge is 2.29. The lowest BCUT2D eigenvalue weighted by Crippen LogP contribution is -2.43. The standard InChI is InChI=1S/C18H17N3O4/c1-11-4-5-12-16(22)13(9-19-17(12)20-11)18(23)21-6-8-25-15(10-21)14-3-2-7-24-14/h2-5,7,9,15H,6,8,10H2,1H3,(H,19,20,22)/t15-/m1/s1. The molecule has 0 spiro atoms. The first-order chi connectivity index (χ1) is 12.1. The number of aryl methyl sites for hydroxylation is 1. The number of ether oxygens (including phenoxy) is 1. The average Bonchev–Trinajstić information content (AvgIpc) is 3.16. The molecule has 1 saturated heterocycles. The van der Waals surface area contributed by atoms with E-state index in [4.69, 9.17) is 9.15 Å². The number of carbonyl (C=O) groups is 1. The van der Waals surface area contributed by atoms with Crippen molar-refractivity contribution >= 4 is 16.9 Å². The summed E-state index contributed by atoms with van der Waals surface area (Å²) < 4.78 is 11.0. The van der Waals surface area contributed by atoms with Gasteiger partial charge in [0.15, 0.2) is 0 Å². The van der Waals surface area contributed by atoms with Crippen LogP contribution in [-0.4, -0.2) is 40.5 Å². The molecule has 0 saturated carbocycles. The second-order valence-electron chi connectivity index (χ2n) is 6.01. The number of H-pyrrole nitrogens is 1. The summed E-state index contributed by atoms with van der Waals surface area (Å²) in [6, 6.07) is 7.05. The van der Waals surface area contributed by atoms with E-state index in [2.05, 4.69) is 9.97 Å². The Labute approximate surface area is 143 Å². The largest absolute Gasteiger partial charge is 0.467 e. The van der Waals surface area contributed by atoms with Crippen LogP contribution in [0.15, 0.2) is 45.9 Å². The summed E-state index contributed by atoms with van der Waals surface area (Å²) in [5.74, 6) is 0.355. The zero-order chi connectivity index (χ0) is 17.4. The summed E-state index contributed by atoms with van der Waals surface area (Å²) in [6.45, 7) is 3.01. The molecule has 0 aliphatic carbocycles. The monoisotopic (exact) mass is 339 g/mol. The molecule has 1 amide bonds. The maximum atomic E-state index is 12.8. The van der Waals surface area contributed by atoms with Gasteiger partial charge in [-0.05, 0) is 31.2 Å². The van der Waals surface area contributed by atoms with Crippen LogP contribution in [0.4, 0.5) is 0 Å². The van der Waals surface area contributed by atoms with Gasteiger partial charge < -0.3 is 19.0 Å². The Bertz CT molecular complexity index is 978. The number of hydrogen-bond acceptors (Lipinski definition) is 5. The number of rotatable bonds is 2. The van der Waals surface area contributed by atoms with Crippen molar-refractivity contribution in [3.8, 4) is 0 Å². The first-order valence-electron chi connectivity index (χ1n) is 8.07. The fraction of sp³-hybridized carbons (Fsp3) is 0.278. The number of aromatic nitrogens is 2. The minimum Gasteiger partial charge on any atom is -0.467 e. The van der Waals surface area contributed by atoms with Gasteiger partial charge in [0.1, 0.15) is 23.1 Å². The second kappa shape index (κ2) is 6.18. The molecule has 3 aromatic rings. The van der Waals surface area contributed by atoms with Crippen LogP contribution in [0.3, 0.4) is 0 Å². The molecule has 0 radical (unpaired) electrons. The first-order valence-corrected chi connectivity index (χ1v) is 8.07. The van der Waals surface area contributed by atoms with Gasteiger partial charge in [0.05, 0.1) is 24.8 Å². The fourth-order valence-electron chi connectivity index (χ4n) is 3.01. The maximum Gasteiger partial charge on any atom is 0.259 e. The summed E-state index contributed by atoms with van der Waals surface area (Å²) in [5.41, 5.74) is 1.08. The topological polar surface area (TPSA) is 88.4 Å². The molecule has 1 fully saturated rings.